The molecule has 3 aromatic rings. The summed E-state index contributed by atoms with van der Waals surface area (Å²) in [6.07, 6.45) is 0.338. The van der Waals surface area contributed by atoms with E-state index in [1.54, 1.807) is 10.7 Å². The molecule has 0 saturated heterocycles. The monoisotopic (exact) mass is 393 g/mol. The maximum Gasteiger partial charge on any atom is 0.264 e. The zero-order valence-corrected chi connectivity index (χ0v) is 16.6. The number of H-pyrrole nitrogens is 1. The largest absolute Gasteiger partial charge is 0.493 e. The van der Waals surface area contributed by atoms with Crippen LogP contribution in [0.5, 0.6) is 5.75 Å². The number of nitrogens with zero attached hydrogens (tertiary/aromatic N) is 3. The number of benzene rings is 1. The fourth-order valence-corrected chi connectivity index (χ4v) is 3.51. The van der Waals surface area contributed by atoms with Crippen molar-refractivity contribution < 1.29 is 9.53 Å². The Balaban J connectivity index is 1.70. The molecule has 2 aromatic heterocycles. The van der Waals surface area contributed by atoms with Crippen LogP contribution in [0.25, 0.3) is 5.82 Å². The number of hydrogen-bond acceptors (Lipinski definition) is 5. The number of amides is 1. The summed E-state index contributed by atoms with van der Waals surface area (Å²) in [4.78, 5) is 23.8. The van der Waals surface area contributed by atoms with Crippen molar-refractivity contribution in [1.82, 2.24) is 20.0 Å². The Labute approximate surface area is 167 Å². The smallest absolute Gasteiger partial charge is 0.264 e. The number of ether oxygens (including phenoxy) is 1. The van der Waals surface area contributed by atoms with E-state index in [0.717, 1.165) is 22.6 Å². The van der Waals surface area contributed by atoms with Gasteiger partial charge in [0, 0.05) is 24.0 Å². The lowest BCUT2D eigenvalue weighted by molar-refractivity contribution is -0.116. The SMILES string of the molecule is Cc1nn(-c2ccc(=O)[nH]n2)c2c1[C@@H](c1ccc(OCC(C)C)cc1)CC(=O)N2. The lowest BCUT2D eigenvalue weighted by Crippen LogP contribution is -2.25. The summed E-state index contributed by atoms with van der Waals surface area (Å²) in [5.74, 6) is 2.08. The van der Waals surface area contributed by atoms with E-state index in [0.29, 0.717) is 30.6 Å². The molecule has 1 atom stereocenters. The molecule has 0 spiro atoms. The number of fused-ring (bicyclic) bond motifs is 1. The predicted octanol–water partition coefficient (Wildman–Crippen LogP) is 2.77. The molecule has 4 rings (SSSR count). The molecule has 0 radical (unpaired) electrons. The van der Waals surface area contributed by atoms with Crippen molar-refractivity contribution in [2.24, 2.45) is 5.92 Å². The van der Waals surface area contributed by atoms with Crippen LogP contribution >= 0.6 is 0 Å². The lowest BCUT2D eigenvalue weighted by atomic mass is 9.86. The first-order chi connectivity index (χ1) is 13.9. The molecule has 0 saturated carbocycles. The average molecular weight is 393 g/mol. The summed E-state index contributed by atoms with van der Waals surface area (Å²) >= 11 is 0. The summed E-state index contributed by atoms with van der Waals surface area (Å²) in [7, 11) is 0. The molecule has 1 amide bonds. The van der Waals surface area contributed by atoms with Gasteiger partial charge in [-0.3, -0.25) is 9.59 Å². The van der Waals surface area contributed by atoms with Crippen molar-refractivity contribution in [3.05, 3.63) is 63.6 Å². The molecule has 0 fully saturated rings. The number of aromatic nitrogens is 4. The normalized spacial score (nSPS) is 15.9. The number of nitrogens with one attached hydrogen (secondary N) is 2. The molecule has 1 aliphatic heterocycles. The van der Waals surface area contributed by atoms with Crippen LogP contribution in [0.3, 0.4) is 0 Å². The van der Waals surface area contributed by atoms with Gasteiger partial charge in [0.25, 0.3) is 5.56 Å². The molecule has 8 nitrogen and oxygen atoms in total. The van der Waals surface area contributed by atoms with Crippen LogP contribution in [0, 0.1) is 12.8 Å². The van der Waals surface area contributed by atoms with Crippen molar-refractivity contribution in [3.8, 4) is 11.6 Å². The third-order valence-electron chi connectivity index (χ3n) is 4.85. The highest BCUT2D eigenvalue weighted by molar-refractivity contribution is 5.95. The highest BCUT2D eigenvalue weighted by atomic mass is 16.5. The third-order valence-corrected chi connectivity index (χ3v) is 4.85. The van der Waals surface area contributed by atoms with Crippen molar-refractivity contribution in [3.63, 3.8) is 0 Å². The number of rotatable bonds is 5. The van der Waals surface area contributed by atoms with E-state index >= 15 is 0 Å². The van der Waals surface area contributed by atoms with Gasteiger partial charge < -0.3 is 10.1 Å². The van der Waals surface area contributed by atoms with Crippen molar-refractivity contribution in [2.45, 2.75) is 33.1 Å². The Hall–Kier alpha value is -3.42. The van der Waals surface area contributed by atoms with E-state index in [1.807, 2.05) is 31.2 Å². The minimum absolute atomic E-state index is 0.0896. The predicted molar refractivity (Wildman–Crippen MR) is 109 cm³/mol. The Kier molecular flexibility index (Phi) is 4.92. The van der Waals surface area contributed by atoms with Crippen LogP contribution in [0.4, 0.5) is 5.82 Å². The highest BCUT2D eigenvalue weighted by Crippen LogP contribution is 2.40. The zero-order chi connectivity index (χ0) is 20.5. The molecule has 0 unspecified atom stereocenters. The van der Waals surface area contributed by atoms with Crippen LogP contribution in [-0.2, 0) is 4.79 Å². The van der Waals surface area contributed by atoms with Crippen LogP contribution < -0.4 is 15.6 Å². The Morgan fingerprint density at radius 2 is 1.93 bits per heavy atom. The third kappa shape index (κ3) is 3.78. The molecule has 8 heteroatoms. The van der Waals surface area contributed by atoms with Crippen LogP contribution in [-0.4, -0.2) is 32.5 Å². The fraction of sp³-hybridized carbons (Fsp3) is 0.333. The van der Waals surface area contributed by atoms with E-state index < -0.39 is 0 Å². The average Bonchev–Trinajstić information content (AvgIpc) is 3.03. The Morgan fingerprint density at radius 1 is 1.17 bits per heavy atom. The van der Waals surface area contributed by atoms with Crippen molar-refractivity contribution in [1.29, 1.82) is 0 Å². The summed E-state index contributed by atoms with van der Waals surface area (Å²) in [6.45, 7) is 6.78. The Bertz CT molecular complexity index is 1080. The summed E-state index contributed by atoms with van der Waals surface area (Å²) in [6, 6.07) is 10.8. The van der Waals surface area contributed by atoms with E-state index in [4.69, 9.17) is 4.74 Å². The second-order valence-electron chi connectivity index (χ2n) is 7.62. The van der Waals surface area contributed by atoms with Crippen molar-refractivity contribution >= 4 is 11.7 Å². The number of aryl methyl sites for hydroxylation is 1. The highest BCUT2D eigenvalue weighted by Gasteiger charge is 2.32. The number of hydrogen-bond donors (Lipinski definition) is 2. The minimum atomic E-state index is -0.298. The van der Waals surface area contributed by atoms with Gasteiger partial charge in [-0.15, -0.1) is 0 Å². The van der Waals surface area contributed by atoms with Gasteiger partial charge in [0.2, 0.25) is 5.91 Å². The maximum atomic E-state index is 12.4. The molecule has 3 heterocycles. The van der Waals surface area contributed by atoms with Gasteiger partial charge in [0.15, 0.2) is 5.82 Å². The first-order valence-corrected chi connectivity index (χ1v) is 9.60. The number of anilines is 1. The number of aromatic amines is 1. The molecule has 1 aromatic carbocycles. The van der Waals surface area contributed by atoms with E-state index in [-0.39, 0.29) is 17.4 Å². The molecule has 0 bridgehead atoms. The van der Waals surface area contributed by atoms with Gasteiger partial charge in [-0.25, -0.2) is 5.10 Å². The zero-order valence-electron chi connectivity index (χ0n) is 16.6. The lowest BCUT2D eigenvalue weighted by Gasteiger charge is -2.24. The second-order valence-corrected chi connectivity index (χ2v) is 7.62. The molecule has 0 aliphatic carbocycles. The Morgan fingerprint density at radius 3 is 2.59 bits per heavy atom. The van der Waals surface area contributed by atoms with Crippen LogP contribution in [0.1, 0.15) is 43.0 Å². The van der Waals surface area contributed by atoms with E-state index in [9.17, 15) is 9.59 Å². The van der Waals surface area contributed by atoms with Gasteiger partial charge in [-0.2, -0.15) is 14.9 Å². The van der Waals surface area contributed by atoms with Gasteiger partial charge >= 0.3 is 0 Å². The molecule has 29 heavy (non-hydrogen) atoms. The molecule has 150 valence electrons. The van der Waals surface area contributed by atoms with Crippen molar-refractivity contribution in [2.75, 3.05) is 11.9 Å². The van der Waals surface area contributed by atoms with Gasteiger partial charge in [0.05, 0.1) is 12.3 Å². The quantitative estimate of drug-likeness (QED) is 0.694. The molecular formula is C21H23N5O3. The molecule has 2 N–H and O–H groups in total. The number of carbonyl (C=O) groups is 1. The van der Waals surface area contributed by atoms with Gasteiger partial charge in [-0.05, 0) is 36.6 Å². The second kappa shape index (κ2) is 7.54. The summed E-state index contributed by atoms with van der Waals surface area (Å²) < 4.78 is 7.32. The number of carbonyl (C=O) groups excluding carboxylic acids is 1. The first-order valence-electron chi connectivity index (χ1n) is 9.60. The first kappa shape index (κ1) is 18.9. The summed E-state index contributed by atoms with van der Waals surface area (Å²) in [5, 5.41) is 13.9. The topological polar surface area (TPSA) is 102 Å². The standard InChI is InChI=1S/C21H23N5O3/c1-12(2)11-29-15-6-4-14(5-7-15)16-10-19(28)22-21-20(16)13(3)25-26(21)17-8-9-18(27)24-23-17/h4-9,12,16H,10-11H2,1-3H3,(H,22,28)(H,24,27)/t16-/m1/s1. The van der Waals surface area contributed by atoms with Gasteiger partial charge in [-0.1, -0.05) is 26.0 Å². The maximum absolute atomic E-state index is 12.4. The van der Waals surface area contributed by atoms with E-state index in [2.05, 4.69) is 34.5 Å². The summed E-state index contributed by atoms with van der Waals surface area (Å²) in [5.41, 5.74) is 2.48. The molecular weight excluding hydrogens is 370 g/mol. The van der Waals surface area contributed by atoms with Crippen LogP contribution in [0.15, 0.2) is 41.2 Å². The molecule has 1 aliphatic rings. The van der Waals surface area contributed by atoms with Gasteiger partial charge in [0.1, 0.15) is 11.6 Å². The minimum Gasteiger partial charge on any atom is -0.493 e. The van der Waals surface area contributed by atoms with E-state index in [1.165, 1.54) is 6.07 Å². The van der Waals surface area contributed by atoms with Crippen LogP contribution in [0.2, 0.25) is 0 Å². The fourth-order valence-electron chi connectivity index (χ4n) is 3.51.